The van der Waals surface area contributed by atoms with Crippen LogP contribution in [0, 0.1) is 0 Å². The van der Waals surface area contributed by atoms with Gasteiger partial charge in [0.05, 0.1) is 7.11 Å². The normalized spacial score (nSPS) is 11.8. The number of nitrogens with zero attached hydrogens (tertiary/aromatic N) is 1. The molecule has 0 aliphatic carbocycles. The number of hydrogen-bond donors (Lipinski definition) is 1. The van der Waals surface area contributed by atoms with Crippen LogP contribution < -0.4 is 5.73 Å². The number of nitrogen functional groups attached to an aromatic ring is 1. The highest BCUT2D eigenvalue weighted by atomic mass is 32.2. The number of carbonyl (C=O) groups is 1. The van der Waals surface area contributed by atoms with Crippen molar-refractivity contribution in [2.75, 3.05) is 18.6 Å². The Morgan fingerprint density at radius 2 is 2.05 bits per heavy atom. The highest BCUT2D eigenvalue weighted by molar-refractivity contribution is 7.89. The van der Waals surface area contributed by atoms with Crippen LogP contribution in [0.1, 0.15) is 19.4 Å². The molecule has 0 radical (unpaired) electrons. The van der Waals surface area contributed by atoms with E-state index in [4.69, 9.17) is 5.73 Å². The van der Waals surface area contributed by atoms with Crippen molar-refractivity contribution in [1.82, 2.24) is 4.31 Å². The first-order valence-electron chi connectivity index (χ1n) is 6.17. The minimum absolute atomic E-state index is 0.169. The molecule has 0 bridgehead atoms. The maximum Gasteiger partial charge on any atom is 0.322 e. The van der Waals surface area contributed by atoms with E-state index in [9.17, 15) is 13.2 Å². The van der Waals surface area contributed by atoms with Gasteiger partial charge in [-0.1, -0.05) is 12.1 Å². The lowest BCUT2D eigenvalue weighted by molar-refractivity contribution is -0.137. The molecule has 0 fully saturated rings. The van der Waals surface area contributed by atoms with Gasteiger partial charge < -0.3 is 10.5 Å². The summed E-state index contributed by atoms with van der Waals surface area (Å²) in [5.74, 6) is -1.44. The molecule has 6 nitrogen and oxygen atoms in total. The molecule has 1 rings (SSSR count). The van der Waals surface area contributed by atoms with Crippen LogP contribution in [0.25, 0.3) is 0 Å². The Morgan fingerprint density at radius 1 is 1.40 bits per heavy atom. The lowest BCUT2D eigenvalue weighted by atomic mass is 10.2. The van der Waals surface area contributed by atoms with Crippen LogP contribution in [0.15, 0.2) is 24.3 Å². The Labute approximate surface area is 119 Å². The van der Waals surface area contributed by atoms with Crippen molar-refractivity contribution in [3.8, 4) is 0 Å². The van der Waals surface area contributed by atoms with Crippen molar-refractivity contribution >= 4 is 21.7 Å². The molecule has 1 aromatic rings. The van der Waals surface area contributed by atoms with Gasteiger partial charge in [-0.05, 0) is 31.5 Å². The third kappa shape index (κ3) is 4.50. The number of ether oxygens (including phenoxy) is 1. The van der Waals surface area contributed by atoms with E-state index in [1.54, 1.807) is 38.1 Å². The maximum absolute atomic E-state index is 12.2. The number of sulfonamides is 1. The predicted molar refractivity (Wildman–Crippen MR) is 77.3 cm³/mol. The first-order chi connectivity index (χ1) is 9.26. The third-order valence-electron chi connectivity index (χ3n) is 2.75. The molecule has 20 heavy (non-hydrogen) atoms. The molecular weight excluding hydrogens is 280 g/mol. The summed E-state index contributed by atoms with van der Waals surface area (Å²) in [5, 5.41) is 0. The second-order valence-corrected chi connectivity index (χ2v) is 6.64. The summed E-state index contributed by atoms with van der Waals surface area (Å²) in [7, 11) is -2.56. The van der Waals surface area contributed by atoms with E-state index in [1.807, 2.05) is 0 Å². The van der Waals surface area contributed by atoms with E-state index in [0.717, 1.165) is 12.7 Å². The summed E-state index contributed by atoms with van der Waals surface area (Å²) in [6, 6.07) is 6.72. The average molecular weight is 300 g/mol. The Balaban J connectivity index is 2.97. The maximum atomic E-state index is 12.2. The van der Waals surface area contributed by atoms with Crippen molar-refractivity contribution in [3.63, 3.8) is 0 Å². The van der Waals surface area contributed by atoms with Crippen molar-refractivity contribution in [2.45, 2.75) is 26.4 Å². The molecule has 1 aromatic carbocycles. The SMILES string of the molecule is COC(=O)CS(=O)(=O)N(Cc1cccc(N)c1)C(C)C. The van der Waals surface area contributed by atoms with Gasteiger partial charge in [-0.15, -0.1) is 0 Å². The fourth-order valence-electron chi connectivity index (χ4n) is 1.76. The van der Waals surface area contributed by atoms with Crippen LogP contribution in [0.4, 0.5) is 5.69 Å². The zero-order chi connectivity index (χ0) is 15.3. The summed E-state index contributed by atoms with van der Waals surface area (Å²) in [6.45, 7) is 3.67. The molecule has 0 saturated heterocycles. The van der Waals surface area contributed by atoms with Gasteiger partial charge in [-0.25, -0.2) is 8.42 Å². The van der Waals surface area contributed by atoms with Crippen molar-refractivity contribution in [1.29, 1.82) is 0 Å². The van der Waals surface area contributed by atoms with Crippen LogP contribution in [0.5, 0.6) is 0 Å². The van der Waals surface area contributed by atoms with Gasteiger partial charge in [0, 0.05) is 18.3 Å². The van der Waals surface area contributed by atoms with E-state index in [0.29, 0.717) is 5.69 Å². The van der Waals surface area contributed by atoms with Crippen LogP contribution >= 0.6 is 0 Å². The van der Waals surface area contributed by atoms with Gasteiger partial charge in [0.1, 0.15) is 0 Å². The summed E-state index contributed by atoms with van der Waals surface area (Å²) >= 11 is 0. The second-order valence-electron chi connectivity index (χ2n) is 4.72. The van der Waals surface area contributed by atoms with Crippen molar-refractivity contribution in [2.24, 2.45) is 0 Å². The van der Waals surface area contributed by atoms with Crippen molar-refractivity contribution < 1.29 is 17.9 Å². The zero-order valence-corrected chi connectivity index (χ0v) is 12.7. The summed E-state index contributed by atoms with van der Waals surface area (Å²) < 4.78 is 30.1. The molecule has 0 aromatic heterocycles. The number of anilines is 1. The topological polar surface area (TPSA) is 89.7 Å². The quantitative estimate of drug-likeness (QED) is 0.625. The van der Waals surface area contributed by atoms with Gasteiger partial charge in [0.2, 0.25) is 10.0 Å². The zero-order valence-electron chi connectivity index (χ0n) is 11.9. The Bertz CT molecular complexity index is 569. The monoisotopic (exact) mass is 300 g/mol. The number of carbonyl (C=O) groups excluding carboxylic acids is 1. The molecule has 0 atom stereocenters. The number of benzene rings is 1. The van der Waals surface area contributed by atoms with Gasteiger partial charge >= 0.3 is 5.97 Å². The molecule has 0 aliphatic heterocycles. The number of hydrogen-bond acceptors (Lipinski definition) is 5. The Kier molecular flexibility index (Phi) is 5.52. The molecule has 0 heterocycles. The number of methoxy groups -OCH3 is 1. The average Bonchev–Trinajstić information content (AvgIpc) is 2.34. The molecule has 0 unspecified atom stereocenters. The van der Waals surface area contributed by atoms with Crippen molar-refractivity contribution in [3.05, 3.63) is 29.8 Å². The molecule has 0 saturated carbocycles. The van der Waals surface area contributed by atoms with Gasteiger partial charge in [0.25, 0.3) is 0 Å². The van der Waals surface area contributed by atoms with Gasteiger partial charge in [-0.3, -0.25) is 4.79 Å². The minimum atomic E-state index is -3.73. The molecule has 0 spiro atoms. The molecule has 0 amide bonds. The van der Waals surface area contributed by atoms with Crippen LogP contribution in [-0.4, -0.2) is 37.6 Å². The fraction of sp³-hybridized carbons (Fsp3) is 0.462. The molecule has 112 valence electrons. The fourth-order valence-corrected chi connectivity index (χ4v) is 3.33. The highest BCUT2D eigenvalue weighted by Crippen LogP contribution is 2.16. The molecule has 2 N–H and O–H groups in total. The lowest BCUT2D eigenvalue weighted by Gasteiger charge is -2.25. The van der Waals surface area contributed by atoms with E-state index in [1.165, 1.54) is 4.31 Å². The minimum Gasteiger partial charge on any atom is -0.468 e. The standard InChI is InChI=1S/C13H20N2O4S/c1-10(2)15(20(17,18)9-13(16)19-3)8-11-5-4-6-12(14)7-11/h4-7,10H,8-9,14H2,1-3H3. The summed E-state index contributed by atoms with van der Waals surface area (Å²) in [5.41, 5.74) is 7.02. The van der Waals surface area contributed by atoms with Crippen LogP contribution in [-0.2, 0) is 26.1 Å². The predicted octanol–water partition coefficient (Wildman–Crippen LogP) is 0.982. The first kappa shape index (κ1) is 16.5. The number of rotatable bonds is 6. The summed E-state index contributed by atoms with van der Waals surface area (Å²) in [4.78, 5) is 11.2. The Hall–Kier alpha value is -1.60. The highest BCUT2D eigenvalue weighted by Gasteiger charge is 2.28. The van der Waals surface area contributed by atoms with Gasteiger partial charge in [0.15, 0.2) is 5.75 Å². The third-order valence-corrected chi connectivity index (χ3v) is 4.62. The van der Waals surface area contributed by atoms with E-state index in [2.05, 4.69) is 4.74 Å². The Morgan fingerprint density at radius 3 is 2.55 bits per heavy atom. The van der Waals surface area contributed by atoms with E-state index >= 15 is 0 Å². The molecular formula is C13H20N2O4S. The van der Waals surface area contributed by atoms with Crippen LogP contribution in [0.3, 0.4) is 0 Å². The second kappa shape index (κ2) is 6.71. The van der Waals surface area contributed by atoms with E-state index in [-0.39, 0.29) is 12.6 Å². The number of nitrogens with two attached hydrogens (primary N) is 1. The first-order valence-corrected chi connectivity index (χ1v) is 7.78. The summed E-state index contributed by atoms with van der Waals surface area (Å²) in [6.07, 6.45) is 0. The number of esters is 1. The lowest BCUT2D eigenvalue weighted by Crippen LogP contribution is -2.40. The molecule has 0 aliphatic rings. The van der Waals surface area contributed by atoms with Gasteiger partial charge in [-0.2, -0.15) is 4.31 Å². The molecule has 7 heteroatoms. The van der Waals surface area contributed by atoms with E-state index < -0.39 is 21.7 Å². The largest absolute Gasteiger partial charge is 0.468 e. The van der Waals surface area contributed by atoms with Crippen LogP contribution in [0.2, 0.25) is 0 Å². The smallest absolute Gasteiger partial charge is 0.322 e.